The van der Waals surface area contributed by atoms with Crippen LogP contribution in [0.4, 0.5) is 5.69 Å². The van der Waals surface area contributed by atoms with Gasteiger partial charge in [-0.15, -0.1) is 0 Å². The van der Waals surface area contributed by atoms with E-state index in [0.717, 1.165) is 36.4 Å². The molecule has 3 rings (SSSR count). The molecule has 0 radical (unpaired) electrons. The molecule has 2 heterocycles. The second-order valence-electron chi connectivity index (χ2n) is 4.32. The van der Waals surface area contributed by atoms with Crippen LogP contribution >= 0.6 is 0 Å². The van der Waals surface area contributed by atoms with Crippen LogP contribution in [0.5, 0.6) is 0 Å². The van der Waals surface area contributed by atoms with Gasteiger partial charge in [0.15, 0.2) is 0 Å². The van der Waals surface area contributed by atoms with Gasteiger partial charge in [-0.25, -0.2) is 0 Å². The van der Waals surface area contributed by atoms with Crippen molar-refractivity contribution in [3.8, 4) is 0 Å². The van der Waals surface area contributed by atoms with Crippen molar-refractivity contribution in [3.63, 3.8) is 0 Å². The van der Waals surface area contributed by atoms with Gasteiger partial charge in [-0.1, -0.05) is 0 Å². The van der Waals surface area contributed by atoms with Crippen molar-refractivity contribution in [2.45, 2.75) is 18.9 Å². The zero-order chi connectivity index (χ0) is 11.5. The van der Waals surface area contributed by atoms with Crippen LogP contribution in [0.25, 0.3) is 11.0 Å². The van der Waals surface area contributed by atoms with Crippen molar-refractivity contribution in [1.82, 2.24) is 9.97 Å². The second kappa shape index (κ2) is 4.67. The van der Waals surface area contributed by atoms with Crippen molar-refractivity contribution in [1.29, 1.82) is 0 Å². The van der Waals surface area contributed by atoms with E-state index < -0.39 is 0 Å². The molecule has 0 spiro atoms. The van der Waals surface area contributed by atoms with Crippen LogP contribution in [0.3, 0.4) is 0 Å². The summed E-state index contributed by atoms with van der Waals surface area (Å²) in [7, 11) is 0. The molecule has 1 unspecified atom stereocenters. The summed E-state index contributed by atoms with van der Waals surface area (Å²) in [6.07, 6.45) is 5.73. The fourth-order valence-corrected chi connectivity index (χ4v) is 2.14. The summed E-state index contributed by atoms with van der Waals surface area (Å²) in [4.78, 5) is 8.56. The molecule has 1 N–H and O–H groups in total. The summed E-state index contributed by atoms with van der Waals surface area (Å²) < 4.78 is 5.45. The lowest BCUT2D eigenvalue weighted by Crippen LogP contribution is -2.29. The average molecular weight is 229 g/mol. The van der Waals surface area contributed by atoms with E-state index in [2.05, 4.69) is 15.3 Å². The van der Waals surface area contributed by atoms with E-state index in [1.54, 1.807) is 12.4 Å². The number of hydrogen-bond donors (Lipinski definition) is 1. The van der Waals surface area contributed by atoms with E-state index in [-0.39, 0.29) is 0 Å². The second-order valence-corrected chi connectivity index (χ2v) is 4.32. The largest absolute Gasteiger partial charge is 0.380 e. The molecule has 4 nitrogen and oxygen atoms in total. The molecule has 1 saturated heterocycles. The molecule has 1 aromatic heterocycles. The Hall–Kier alpha value is -1.68. The minimum Gasteiger partial charge on any atom is -0.380 e. The number of hydrogen-bond acceptors (Lipinski definition) is 4. The number of benzene rings is 1. The highest BCUT2D eigenvalue weighted by atomic mass is 16.5. The first-order valence-corrected chi connectivity index (χ1v) is 5.97. The predicted octanol–water partition coefficient (Wildman–Crippen LogP) is 2.22. The Morgan fingerprint density at radius 1 is 1.18 bits per heavy atom. The van der Waals surface area contributed by atoms with Crippen molar-refractivity contribution < 1.29 is 4.74 Å². The first-order chi connectivity index (χ1) is 8.42. The van der Waals surface area contributed by atoms with Crippen LogP contribution in [0, 0.1) is 0 Å². The highest BCUT2D eigenvalue weighted by Crippen LogP contribution is 2.18. The fourth-order valence-electron chi connectivity index (χ4n) is 2.14. The average Bonchev–Trinajstić information content (AvgIpc) is 2.40. The third kappa shape index (κ3) is 2.36. The summed E-state index contributed by atoms with van der Waals surface area (Å²) >= 11 is 0. The van der Waals surface area contributed by atoms with Gasteiger partial charge in [0, 0.05) is 30.7 Å². The Morgan fingerprint density at radius 3 is 2.88 bits per heavy atom. The van der Waals surface area contributed by atoms with Crippen LogP contribution in [0.15, 0.2) is 30.6 Å². The van der Waals surface area contributed by atoms with Gasteiger partial charge in [-0.2, -0.15) is 0 Å². The van der Waals surface area contributed by atoms with Crippen LogP contribution in [0.1, 0.15) is 12.8 Å². The SMILES string of the molecule is c1cnc2cc(NC3CCCOC3)ccc2n1. The first-order valence-electron chi connectivity index (χ1n) is 5.97. The Balaban J connectivity index is 1.80. The van der Waals surface area contributed by atoms with Gasteiger partial charge in [0.2, 0.25) is 0 Å². The summed E-state index contributed by atoms with van der Waals surface area (Å²) in [5.74, 6) is 0. The molecule has 4 heteroatoms. The van der Waals surface area contributed by atoms with Crippen LogP contribution in [-0.4, -0.2) is 29.2 Å². The molecule has 0 bridgehead atoms. The molecular weight excluding hydrogens is 214 g/mol. The van der Waals surface area contributed by atoms with E-state index in [1.165, 1.54) is 6.42 Å². The highest BCUT2D eigenvalue weighted by molar-refractivity contribution is 5.78. The fraction of sp³-hybridized carbons (Fsp3) is 0.385. The minimum absolute atomic E-state index is 0.415. The number of ether oxygens (including phenoxy) is 1. The van der Waals surface area contributed by atoms with E-state index in [9.17, 15) is 0 Å². The molecular formula is C13H15N3O. The number of nitrogens with one attached hydrogen (secondary N) is 1. The van der Waals surface area contributed by atoms with Gasteiger partial charge in [-0.05, 0) is 31.0 Å². The molecule has 0 amide bonds. The molecule has 1 aliphatic rings. The molecule has 2 aromatic rings. The number of fused-ring (bicyclic) bond motifs is 1. The zero-order valence-electron chi connectivity index (χ0n) is 9.60. The quantitative estimate of drug-likeness (QED) is 0.857. The smallest absolute Gasteiger partial charge is 0.0907 e. The lowest BCUT2D eigenvalue weighted by molar-refractivity contribution is 0.0876. The van der Waals surface area contributed by atoms with Crippen LogP contribution in [-0.2, 0) is 4.74 Å². The predicted molar refractivity (Wildman–Crippen MR) is 67.0 cm³/mol. The maximum absolute atomic E-state index is 5.45. The van der Waals surface area contributed by atoms with Gasteiger partial charge in [0.25, 0.3) is 0 Å². The van der Waals surface area contributed by atoms with Crippen molar-refractivity contribution in [2.24, 2.45) is 0 Å². The molecule has 1 fully saturated rings. The zero-order valence-corrected chi connectivity index (χ0v) is 9.60. The maximum atomic E-state index is 5.45. The van der Waals surface area contributed by atoms with Crippen LogP contribution in [0.2, 0.25) is 0 Å². The van der Waals surface area contributed by atoms with E-state index >= 15 is 0 Å². The molecule has 1 aromatic carbocycles. The highest BCUT2D eigenvalue weighted by Gasteiger charge is 2.13. The standard InChI is InChI=1S/C13H15N3O/c1-2-11(9-17-7-1)16-10-3-4-12-13(8-10)15-6-5-14-12/h3-6,8,11,16H,1-2,7,9H2. The summed E-state index contributed by atoms with van der Waals surface area (Å²) in [5, 5.41) is 3.48. The van der Waals surface area contributed by atoms with Crippen molar-refractivity contribution in [2.75, 3.05) is 18.5 Å². The molecule has 17 heavy (non-hydrogen) atoms. The maximum Gasteiger partial charge on any atom is 0.0907 e. The molecule has 88 valence electrons. The number of aromatic nitrogens is 2. The van der Waals surface area contributed by atoms with E-state index in [0.29, 0.717) is 6.04 Å². The minimum atomic E-state index is 0.415. The number of nitrogens with zero attached hydrogens (tertiary/aromatic N) is 2. The normalized spacial score (nSPS) is 20.4. The number of rotatable bonds is 2. The van der Waals surface area contributed by atoms with Gasteiger partial charge < -0.3 is 10.1 Å². The topological polar surface area (TPSA) is 47.0 Å². The Kier molecular flexibility index (Phi) is 2.88. The first kappa shape index (κ1) is 10.5. The van der Waals surface area contributed by atoms with Crippen molar-refractivity contribution in [3.05, 3.63) is 30.6 Å². The summed E-state index contributed by atoms with van der Waals surface area (Å²) in [6.45, 7) is 1.68. The third-order valence-electron chi connectivity index (χ3n) is 3.00. The van der Waals surface area contributed by atoms with E-state index in [1.807, 2.05) is 18.2 Å². The van der Waals surface area contributed by atoms with Crippen molar-refractivity contribution >= 4 is 16.7 Å². The van der Waals surface area contributed by atoms with Gasteiger partial charge in [0.05, 0.1) is 17.6 Å². The molecule has 1 atom stereocenters. The van der Waals surface area contributed by atoms with Gasteiger partial charge in [0.1, 0.15) is 0 Å². The summed E-state index contributed by atoms with van der Waals surface area (Å²) in [6, 6.07) is 6.49. The van der Waals surface area contributed by atoms with Gasteiger partial charge >= 0.3 is 0 Å². The monoisotopic (exact) mass is 229 g/mol. The Morgan fingerprint density at radius 2 is 2.06 bits per heavy atom. The molecule has 0 saturated carbocycles. The van der Waals surface area contributed by atoms with Crippen LogP contribution < -0.4 is 5.32 Å². The van der Waals surface area contributed by atoms with Gasteiger partial charge in [-0.3, -0.25) is 9.97 Å². The Labute approximate surface area is 100 Å². The number of anilines is 1. The molecule has 0 aliphatic carbocycles. The summed E-state index contributed by atoms with van der Waals surface area (Å²) in [5.41, 5.74) is 2.95. The lowest BCUT2D eigenvalue weighted by Gasteiger charge is -2.24. The van der Waals surface area contributed by atoms with E-state index in [4.69, 9.17) is 4.74 Å². The third-order valence-corrected chi connectivity index (χ3v) is 3.00. The molecule has 1 aliphatic heterocycles. The lowest BCUT2D eigenvalue weighted by atomic mass is 10.1. The Bertz CT molecular complexity index is 509.